The van der Waals surface area contributed by atoms with Crippen molar-refractivity contribution < 1.29 is 14.6 Å². The maximum Gasteiger partial charge on any atom is 0.251 e. The Kier molecular flexibility index (Phi) is 5.33. The van der Waals surface area contributed by atoms with E-state index in [2.05, 4.69) is 20.6 Å². The quantitative estimate of drug-likeness (QED) is 0.765. The largest absolute Gasteiger partial charge is 0.495 e. The van der Waals surface area contributed by atoms with Gasteiger partial charge in [-0.3, -0.25) is 9.79 Å². The fraction of sp³-hybridized carbons (Fsp3) is 0.438. The number of aliphatic hydroxyl groups is 1. The molecule has 1 amide bonds. The molecule has 7 nitrogen and oxygen atoms in total. The summed E-state index contributed by atoms with van der Waals surface area (Å²) < 4.78 is 5.32. The van der Waals surface area contributed by atoms with E-state index in [1.54, 1.807) is 38.3 Å². The Hall–Kier alpha value is -2.41. The molecule has 0 aromatic heterocycles. The van der Waals surface area contributed by atoms with Gasteiger partial charge in [0.05, 0.1) is 18.4 Å². The van der Waals surface area contributed by atoms with Crippen molar-refractivity contribution in [3.05, 3.63) is 23.8 Å². The highest BCUT2D eigenvalue weighted by Gasteiger charge is 2.16. The van der Waals surface area contributed by atoms with E-state index < -0.39 is 5.60 Å². The first-order chi connectivity index (χ1) is 10.9. The van der Waals surface area contributed by atoms with Crippen molar-refractivity contribution >= 4 is 23.8 Å². The third-order valence-electron chi connectivity index (χ3n) is 3.13. The SMILES string of the molecule is COc1cc(C(=O)NCC(C)(C)O)ccc1NC1=NCCC=N1. The molecule has 0 spiro atoms. The molecule has 0 atom stereocenters. The minimum atomic E-state index is -0.960. The molecule has 124 valence electrons. The molecule has 1 aliphatic rings. The molecular formula is C16H22N4O3. The van der Waals surface area contributed by atoms with Gasteiger partial charge in [-0.2, -0.15) is 0 Å². The number of guanidine groups is 1. The van der Waals surface area contributed by atoms with Crippen molar-refractivity contribution in [2.75, 3.05) is 25.5 Å². The highest BCUT2D eigenvalue weighted by Crippen LogP contribution is 2.26. The van der Waals surface area contributed by atoms with Crippen LogP contribution in [0.25, 0.3) is 0 Å². The van der Waals surface area contributed by atoms with Gasteiger partial charge < -0.3 is 20.5 Å². The summed E-state index contributed by atoms with van der Waals surface area (Å²) in [7, 11) is 1.53. The summed E-state index contributed by atoms with van der Waals surface area (Å²) in [6.45, 7) is 4.13. The average Bonchev–Trinajstić information content (AvgIpc) is 2.53. The van der Waals surface area contributed by atoms with E-state index in [1.807, 2.05) is 0 Å². The Balaban J connectivity index is 2.11. The maximum atomic E-state index is 12.1. The lowest BCUT2D eigenvalue weighted by Crippen LogP contribution is -2.38. The summed E-state index contributed by atoms with van der Waals surface area (Å²) in [5, 5.41) is 15.4. The average molecular weight is 318 g/mol. The third-order valence-corrected chi connectivity index (χ3v) is 3.13. The van der Waals surface area contributed by atoms with Crippen molar-refractivity contribution in [2.45, 2.75) is 25.9 Å². The van der Waals surface area contributed by atoms with E-state index >= 15 is 0 Å². The molecule has 3 N–H and O–H groups in total. The number of ether oxygens (including phenoxy) is 1. The van der Waals surface area contributed by atoms with Crippen molar-refractivity contribution in [1.82, 2.24) is 5.32 Å². The molecule has 1 aromatic rings. The van der Waals surface area contributed by atoms with Gasteiger partial charge in [0.25, 0.3) is 5.91 Å². The normalized spacial score (nSPS) is 14.2. The first-order valence-corrected chi connectivity index (χ1v) is 7.42. The number of nitrogens with zero attached hydrogens (tertiary/aromatic N) is 2. The van der Waals surface area contributed by atoms with Crippen molar-refractivity contribution in [3.63, 3.8) is 0 Å². The van der Waals surface area contributed by atoms with Crippen LogP contribution in [0, 0.1) is 0 Å². The molecule has 7 heteroatoms. The van der Waals surface area contributed by atoms with Crippen LogP contribution in [-0.2, 0) is 0 Å². The molecule has 1 aliphatic heterocycles. The Morgan fingerprint density at radius 1 is 1.43 bits per heavy atom. The Morgan fingerprint density at radius 3 is 2.83 bits per heavy atom. The van der Waals surface area contributed by atoms with Crippen molar-refractivity contribution in [2.24, 2.45) is 9.98 Å². The first-order valence-electron chi connectivity index (χ1n) is 7.42. The number of benzene rings is 1. The van der Waals surface area contributed by atoms with Crippen molar-refractivity contribution in [3.8, 4) is 5.75 Å². The Bertz CT molecular complexity index is 633. The van der Waals surface area contributed by atoms with Gasteiger partial charge in [0.1, 0.15) is 5.75 Å². The molecule has 0 unspecified atom stereocenters. The number of methoxy groups -OCH3 is 1. The zero-order valence-corrected chi connectivity index (χ0v) is 13.6. The van der Waals surface area contributed by atoms with E-state index in [4.69, 9.17) is 4.74 Å². The predicted octanol–water partition coefficient (Wildman–Crippen LogP) is 1.44. The second-order valence-electron chi connectivity index (χ2n) is 5.84. The molecule has 0 bridgehead atoms. The van der Waals surface area contributed by atoms with Crippen molar-refractivity contribution in [1.29, 1.82) is 0 Å². The third kappa shape index (κ3) is 5.07. The number of hydrogen-bond donors (Lipinski definition) is 3. The second kappa shape index (κ2) is 7.23. The van der Waals surface area contributed by atoms with E-state index in [0.29, 0.717) is 29.5 Å². The molecule has 23 heavy (non-hydrogen) atoms. The number of carbonyl (C=O) groups excluding carboxylic acids is 1. The molecule has 1 aromatic carbocycles. The monoisotopic (exact) mass is 318 g/mol. The topological polar surface area (TPSA) is 95.3 Å². The van der Waals surface area contributed by atoms with Gasteiger partial charge in [0.15, 0.2) is 0 Å². The van der Waals surface area contributed by atoms with Gasteiger partial charge in [-0.05, 0) is 32.0 Å². The summed E-state index contributed by atoms with van der Waals surface area (Å²) in [6, 6.07) is 5.05. The summed E-state index contributed by atoms with van der Waals surface area (Å²) in [6.07, 6.45) is 2.64. The Labute approximate surface area is 135 Å². The van der Waals surface area contributed by atoms with Crippen LogP contribution < -0.4 is 15.4 Å². The number of hydrogen-bond acceptors (Lipinski definition) is 6. The van der Waals surface area contributed by atoms with E-state index in [0.717, 1.165) is 6.42 Å². The van der Waals surface area contributed by atoms with E-state index in [-0.39, 0.29) is 12.5 Å². The lowest BCUT2D eigenvalue weighted by molar-refractivity contribution is 0.0694. The van der Waals surface area contributed by atoms with Crippen LogP contribution in [0.4, 0.5) is 5.69 Å². The molecule has 0 saturated heterocycles. The van der Waals surface area contributed by atoms with Crippen LogP contribution in [0.15, 0.2) is 28.2 Å². The molecule has 0 saturated carbocycles. The van der Waals surface area contributed by atoms with Crippen LogP contribution in [0.1, 0.15) is 30.6 Å². The van der Waals surface area contributed by atoms with Gasteiger partial charge in [0.2, 0.25) is 5.96 Å². The summed E-state index contributed by atoms with van der Waals surface area (Å²) in [4.78, 5) is 20.5. The standard InChI is InChI=1S/C16H22N4O3/c1-16(2,22)10-19-14(21)11-5-6-12(13(9-11)23-3)20-15-17-7-4-8-18-15/h5-7,9,22H,4,8,10H2,1-3H3,(H,18,20)(H,19,21). The summed E-state index contributed by atoms with van der Waals surface area (Å²) in [5.41, 5.74) is 0.174. The lowest BCUT2D eigenvalue weighted by atomic mass is 10.1. The van der Waals surface area contributed by atoms with Crippen LogP contribution in [0.2, 0.25) is 0 Å². The second-order valence-corrected chi connectivity index (χ2v) is 5.84. The molecular weight excluding hydrogens is 296 g/mol. The minimum Gasteiger partial charge on any atom is -0.495 e. The number of amides is 1. The summed E-state index contributed by atoms with van der Waals surface area (Å²) >= 11 is 0. The molecule has 1 heterocycles. The zero-order valence-electron chi connectivity index (χ0n) is 13.6. The smallest absolute Gasteiger partial charge is 0.251 e. The minimum absolute atomic E-state index is 0.166. The molecule has 0 fully saturated rings. The van der Waals surface area contributed by atoms with Crippen LogP contribution in [-0.4, -0.2) is 49.0 Å². The van der Waals surface area contributed by atoms with Gasteiger partial charge in [-0.15, -0.1) is 0 Å². The number of carbonyl (C=O) groups is 1. The van der Waals surface area contributed by atoms with Gasteiger partial charge in [0, 0.05) is 31.3 Å². The van der Waals surface area contributed by atoms with Crippen LogP contribution in [0.5, 0.6) is 5.75 Å². The number of anilines is 1. The van der Waals surface area contributed by atoms with Gasteiger partial charge in [-0.25, -0.2) is 4.99 Å². The van der Waals surface area contributed by atoms with Gasteiger partial charge >= 0.3 is 0 Å². The van der Waals surface area contributed by atoms with Crippen LogP contribution >= 0.6 is 0 Å². The summed E-state index contributed by atoms with van der Waals surface area (Å²) in [5.74, 6) is 0.767. The van der Waals surface area contributed by atoms with E-state index in [1.165, 1.54) is 7.11 Å². The molecule has 0 aliphatic carbocycles. The lowest BCUT2D eigenvalue weighted by Gasteiger charge is -2.18. The van der Waals surface area contributed by atoms with Gasteiger partial charge in [-0.1, -0.05) is 0 Å². The predicted molar refractivity (Wildman–Crippen MR) is 90.7 cm³/mol. The number of nitrogens with one attached hydrogen (secondary N) is 2. The first kappa shape index (κ1) is 17.0. The fourth-order valence-corrected chi connectivity index (χ4v) is 1.95. The zero-order chi connectivity index (χ0) is 16.9. The molecule has 2 rings (SSSR count). The molecule has 0 radical (unpaired) electrons. The number of rotatable bonds is 5. The van der Waals surface area contributed by atoms with Crippen LogP contribution in [0.3, 0.4) is 0 Å². The number of aliphatic imine (C=N–C) groups is 2. The Morgan fingerprint density at radius 2 is 2.22 bits per heavy atom. The van der Waals surface area contributed by atoms with E-state index in [9.17, 15) is 9.90 Å². The highest BCUT2D eigenvalue weighted by molar-refractivity contribution is 6.01. The fourth-order valence-electron chi connectivity index (χ4n) is 1.95. The maximum absolute atomic E-state index is 12.1. The highest BCUT2D eigenvalue weighted by atomic mass is 16.5.